The maximum Gasteiger partial charge on any atom is 0.119 e. The molecule has 3 nitrogen and oxygen atoms in total. The van der Waals surface area contributed by atoms with Gasteiger partial charge in [0.25, 0.3) is 0 Å². The molecule has 98 valence electrons. The molecule has 2 aliphatic heterocycles. The predicted molar refractivity (Wildman–Crippen MR) is 74.4 cm³/mol. The topological polar surface area (TPSA) is 15.7 Å². The lowest BCUT2D eigenvalue weighted by Crippen LogP contribution is -2.43. The highest BCUT2D eigenvalue weighted by Crippen LogP contribution is 2.38. The van der Waals surface area contributed by atoms with Crippen LogP contribution < -0.4 is 9.64 Å². The van der Waals surface area contributed by atoms with E-state index < -0.39 is 0 Å². The molecule has 18 heavy (non-hydrogen) atoms. The van der Waals surface area contributed by atoms with Gasteiger partial charge in [0.15, 0.2) is 0 Å². The molecule has 0 radical (unpaired) electrons. The van der Waals surface area contributed by atoms with Crippen LogP contribution in [0, 0.1) is 0 Å². The largest absolute Gasteiger partial charge is 0.497 e. The zero-order valence-corrected chi connectivity index (χ0v) is 11.4. The normalized spacial score (nSPS) is 28.2. The Morgan fingerprint density at radius 3 is 2.50 bits per heavy atom. The molecule has 2 saturated heterocycles. The molecular weight excluding hydrogens is 224 g/mol. The van der Waals surface area contributed by atoms with Gasteiger partial charge in [0.05, 0.1) is 7.11 Å². The van der Waals surface area contributed by atoms with Gasteiger partial charge in [-0.2, -0.15) is 0 Å². The molecule has 2 fully saturated rings. The Bertz CT molecular complexity index is 417. The highest BCUT2D eigenvalue weighted by Gasteiger charge is 2.44. The number of hydrogen-bond acceptors (Lipinski definition) is 3. The molecule has 2 aliphatic rings. The van der Waals surface area contributed by atoms with Crippen molar-refractivity contribution in [3.63, 3.8) is 0 Å². The zero-order valence-electron chi connectivity index (χ0n) is 11.4. The van der Waals surface area contributed by atoms with E-state index in [1.807, 2.05) is 0 Å². The van der Waals surface area contributed by atoms with Crippen LogP contribution in [-0.4, -0.2) is 44.2 Å². The molecule has 3 rings (SSSR count). The van der Waals surface area contributed by atoms with Crippen molar-refractivity contribution in [1.82, 2.24) is 4.90 Å². The van der Waals surface area contributed by atoms with Gasteiger partial charge in [-0.15, -0.1) is 0 Å². The number of benzene rings is 1. The summed E-state index contributed by atoms with van der Waals surface area (Å²) in [6.45, 7) is 3.61. The van der Waals surface area contributed by atoms with Gasteiger partial charge in [0.2, 0.25) is 0 Å². The van der Waals surface area contributed by atoms with Crippen molar-refractivity contribution >= 4 is 5.69 Å². The van der Waals surface area contributed by atoms with E-state index in [0.717, 1.165) is 5.75 Å². The number of methoxy groups -OCH3 is 1. The van der Waals surface area contributed by atoms with Crippen molar-refractivity contribution in [2.75, 3.05) is 38.7 Å². The Morgan fingerprint density at radius 1 is 1.11 bits per heavy atom. The molecule has 1 atom stereocenters. The molecule has 0 aliphatic carbocycles. The summed E-state index contributed by atoms with van der Waals surface area (Å²) in [5.41, 5.74) is 1.77. The Labute approximate surface area is 109 Å². The fourth-order valence-corrected chi connectivity index (χ4v) is 3.46. The van der Waals surface area contributed by atoms with Gasteiger partial charge in [-0.3, -0.25) is 4.90 Å². The quantitative estimate of drug-likeness (QED) is 0.797. The first-order valence-corrected chi connectivity index (χ1v) is 6.84. The first-order chi connectivity index (χ1) is 8.73. The van der Waals surface area contributed by atoms with Gasteiger partial charge in [-0.25, -0.2) is 0 Å². The molecule has 0 bridgehead atoms. The van der Waals surface area contributed by atoms with Gasteiger partial charge < -0.3 is 9.64 Å². The molecule has 0 amide bonds. The van der Waals surface area contributed by atoms with E-state index in [1.165, 1.54) is 44.6 Å². The molecule has 0 unspecified atom stereocenters. The summed E-state index contributed by atoms with van der Waals surface area (Å²) in [5, 5.41) is 0. The first kappa shape index (κ1) is 11.8. The molecule has 1 aromatic carbocycles. The molecule has 1 aromatic rings. The average molecular weight is 246 g/mol. The highest BCUT2D eigenvalue weighted by molar-refractivity contribution is 5.50. The lowest BCUT2D eigenvalue weighted by molar-refractivity contribution is 0.198. The molecule has 1 spiro atoms. The van der Waals surface area contributed by atoms with Crippen LogP contribution in [0.5, 0.6) is 5.75 Å². The number of hydrogen-bond donors (Lipinski definition) is 0. The van der Waals surface area contributed by atoms with Crippen molar-refractivity contribution in [2.24, 2.45) is 0 Å². The van der Waals surface area contributed by atoms with Crippen LogP contribution in [0.2, 0.25) is 0 Å². The number of anilines is 1. The average Bonchev–Trinajstić information content (AvgIpc) is 2.99. The van der Waals surface area contributed by atoms with Crippen LogP contribution in [0.1, 0.15) is 19.3 Å². The number of rotatable bonds is 2. The van der Waals surface area contributed by atoms with Crippen LogP contribution in [0.25, 0.3) is 0 Å². The molecule has 0 N–H and O–H groups in total. The van der Waals surface area contributed by atoms with Crippen molar-refractivity contribution in [2.45, 2.75) is 24.8 Å². The Balaban J connectivity index is 1.75. The summed E-state index contributed by atoms with van der Waals surface area (Å²) in [6, 6.07) is 8.46. The number of likely N-dealkylation sites (N-methyl/N-ethyl adjacent to an activating group) is 1. The fourth-order valence-electron chi connectivity index (χ4n) is 3.46. The summed E-state index contributed by atoms with van der Waals surface area (Å²) >= 11 is 0. The summed E-state index contributed by atoms with van der Waals surface area (Å²) in [7, 11) is 4.00. The first-order valence-electron chi connectivity index (χ1n) is 6.84. The monoisotopic (exact) mass is 246 g/mol. The Morgan fingerprint density at radius 2 is 1.89 bits per heavy atom. The number of ether oxygens (including phenoxy) is 1. The van der Waals surface area contributed by atoms with Crippen LogP contribution in [-0.2, 0) is 0 Å². The van der Waals surface area contributed by atoms with E-state index in [-0.39, 0.29) is 0 Å². The minimum absolute atomic E-state index is 0.444. The van der Waals surface area contributed by atoms with Crippen molar-refractivity contribution in [3.05, 3.63) is 24.3 Å². The van der Waals surface area contributed by atoms with Gasteiger partial charge in [-0.1, -0.05) is 0 Å². The maximum atomic E-state index is 5.22. The van der Waals surface area contributed by atoms with Gasteiger partial charge in [-0.05, 0) is 57.1 Å². The SMILES string of the molecule is COc1ccc(N2CC[C@]3(CCCN3C)C2)cc1. The van der Waals surface area contributed by atoms with Crippen LogP contribution in [0.4, 0.5) is 5.69 Å². The van der Waals surface area contributed by atoms with Crippen LogP contribution in [0.3, 0.4) is 0 Å². The van der Waals surface area contributed by atoms with Crippen molar-refractivity contribution in [3.8, 4) is 5.75 Å². The third-order valence-corrected chi connectivity index (χ3v) is 4.72. The van der Waals surface area contributed by atoms with E-state index in [4.69, 9.17) is 4.74 Å². The second-order valence-electron chi connectivity index (χ2n) is 5.62. The third kappa shape index (κ3) is 1.87. The minimum atomic E-state index is 0.444. The Kier molecular flexibility index (Phi) is 2.94. The van der Waals surface area contributed by atoms with Crippen molar-refractivity contribution in [1.29, 1.82) is 0 Å². The van der Waals surface area contributed by atoms with Crippen LogP contribution in [0.15, 0.2) is 24.3 Å². The summed E-state index contributed by atoms with van der Waals surface area (Å²) in [6.07, 6.45) is 4.01. The maximum absolute atomic E-state index is 5.22. The number of nitrogens with zero attached hydrogens (tertiary/aromatic N) is 2. The van der Waals surface area contributed by atoms with Gasteiger partial charge >= 0.3 is 0 Å². The molecule has 2 heterocycles. The third-order valence-electron chi connectivity index (χ3n) is 4.72. The summed E-state index contributed by atoms with van der Waals surface area (Å²) in [4.78, 5) is 5.08. The van der Waals surface area contributed by atoms with Gasteiger partial charge in [0, 0.05) is 24.3 Å². The van der Waals surface area contributed by atoms with E-state index in [9.17, 15) is 0 Å². The van der Waals surface area contributed by atoms with E-state index in [2.05, 4.69) is 41.1 Å². The van der Waals surface area contributed by atoms with E-state index in [1.54, 1.807) is 7.11 Å². The second-order valence-corrected chi connectivity index (χ2v) is 5.62. The van der Waals surface area contributed by atoms with Gasteiger partial charge in [0.1, 0.15) is 5.75 Å². The Hall–Kier alpha value is -1.22. The van der Waals surface area contributed by atoms with E-state index in [0.29, 0.717) is 5.54 Å². The highest BCUT2D eigenvalue weighted by atomic mass is 16.5. The van der Waals surface area contributed by atoms with Crippen LogP contribution >= 0.6 is 0 Å². The fraction of sp³-hybridized carbons (Fsp3) is 0.600. The predicted octanol–water partition coefficient (Wildman–Crippen LogP) is 2.37. The minimum Gasteiger partial charge on any atom is -0.497 e. The molecular formula is C15H22N2O. The van der Waals surface area contributed by atoms with E-state index >= 15 is 0 Å². The standard InChI is InChI=1S/C15H22N2O/c1-16-10-3-8-15(16)9-11-17(12-15)13-4-6-14(18-2)7-5-13/h4-7H,3,8-12H2,1-2H3/t15-/m1/s1. The molecule has 0 saturated carbocycles. The van der Waals surface area contributed by atoms with Crippen molar-refractivity contribution < 1.29 is 4.74 Å². The lowest BCUT2D eigenvalue weighted by Gasteiger charge is -2.32. The molecule has 0 aromatic heterocycles. The summed E-state index contributed by atoms with van der Waals surface area (Å²) < 4.78 is 5.22. The summed E-state index contributed by atoms with van der Waals surface area (Å²) in [5.74, 6) is 0.936. The lowest BCUT2D eigenvalue weighted by atomic mass is 9.96. The molecule has 3 heteroatoms. The smallest absolute Gasteiger partial charge is 0.119 e. The second kappa shape index (κ2) is 4.47. The zero-order chi connectivity index (χ0) is 12.6. The number of likely N-dealkylation sites (tertiary alicyclic amines) is 1.